The van der Waals surface area contributed by atoms with E-state index in [9.17, 15) is 9.59 Å². The Balaban J connectivity index is 2.47. The van der Waals surface area contributed by atoms with Crippen molar-refractivity contribution in [3.8, 4) is 18.1 Å². The number of hydrogen-bond donors (Lipinski definition) is 3. The summed E-state index contributed by atoms with van der Waals surface area (Å²) in [5.74, 6) is 3.11. The number of rotatable bonds is 4. The molecule has 154 valence electrons. The summed E-state index contributed by atoms with van der Waals surface area (Å²) in [5.41, 5.74) is 6.75. The number of ether oxygens (including phenoxy) is 2. The number of amidine groups is 1. The third kappa shape index (κ3) is 5.42. The second-order valence-corrected chi connectivity index (χ2v) is 7.21. The summed E-state index contributed by atoms with van der Waals surface area (Å²) in [6.07, 6.45) is 4.68. The molecule has 0 radical (unpaired) electrons. The first-order valence-electron chi connectivity index (χ1n) is 8.80. The number of carbonyl (C=O) groups is 2. The number of nitrogens with one attached hydrogen (secondary N) is 2. The van der Waals surface area contributed by atoms with Crippen LogP contribution in [-0.2, 0) is 4.74 Å². The summed E-state index contributed by atoms with van der Waals surface area (Å²) in [6, 6.07) is 4.36. The Hall–Kier alpha value is -3.67. The monoisotopic (exact) mass is 399 g/mol. The molecule has 0 saturated carbocycles. The fourth-order valence-electron chi connectivity index (χ4n) is 2.54. The van der Waals surface area contributed by atoms with Gasteiger partial charge >= 0.3 is 12.1 Å². The number of terminal acetylenes is 1. The predicted molar refractivity (Wildman–Crippen MR) is 112 cm³/mol. The fraction of sp³-hybridized carbons (Fsp3) is 0.350. The molecule has 0 bridgehead atoms. The van der Waals surface area contributed by atoms with Gasteiger partial charge in [-0.05, 0) is 33.8 Å². The van der Waals surface area contributed by atoms with Gasteiger partial charge in [0.05, 0.1) is 12.8 Å². The Labute approximate surface area is 169 Å². The highest BCUT2D eigenvalue weighted by molar-refractivity contribution is 6.29. The van der Waals surface area contributed by atoms with Crippen LogP contribution in [0.2, 0.25) is 0 Å². The third-order valence-corrected chi connectivity index (χ3v) is 3.62. The fourth-order valence-corrected chi connectivity index (χ4v) is 2.54. The van der Waals surface area contributed by atoms with Gasteiger partial charge in [-0.1, -0.05) is 5.92 Å². The van der Waals surface area contributed by atoms with E-state index in [0.29, 0.717) is 28.5 Å². The molecule has 9 heteroatoms. The van der Waals surface area contributed by atoms with Crippen LogP contribution in [0.25, 0.3) is 0 Å². The molecule has 1 aromatic rings. The molecule has 1 aliphatic heterocycles. The van der Waals surface area contributed by atoms with E-state index >= 15 is 0 Å². The summed E-state index contributed by atoms with van der Waals surface area (Å²) in [4.78, 5) is 30.3. The minimum Gasteiger partial charge on any atom is -0.497 e. The molecule has 2 rings (SSSR count). The third-order valence-electron chi connectivity index (χ3n) is 3.62. The predicted octanol–water partition coefficient (Wildman–Crippen LogP) is 2.79. The Morgan fingerprint density at radius 1 is 1.38 bits per heavy atom. The molecule has 0 aliphatic carbocycles. The number of amides is 3. The topological polar surface area (TPSA) is 118 Å². The summed E-state index contributed by atoms with van der Waals surface area (Å²) in [5, 5.41) is 5.31. The lowest BCUT2D eigenvalue weighted by Crippen LogP contribution is -2.31. The van der Waals surface area contributed by atoms with Crippen LogP contribution in [0.15, 0.2) is 34.6 Å². The zero-order valence-electron chi connectivity index (χ0n) is 17.1. The number of aliphatic imine (C=N–C) groups is 1. The summed E-state index contributed by atoms with van der Waals surface area (Å²) in [7, 11) is 1.48. The first kappa shape index (κ1) is 21.6. The van der Waals surface area contributed by atoms with Crippen LogP contribution in [0, 0.1) is 12.3 Å². The molecule has 0 spiro atoms. The zero-order valence-corrected chi connectivity index (χ0v) is 17.1. The summed E-state index contributed by atoms with van der Waals surface area (Å²) < 4.78 is 10.6. The van der Waals surface area contributed by atoms with Crippen LogP contribution in [0.5, 0.6) is 5.75 Å². The highest BCUT2D eigenvalue weighted by Gasteiger charge is 2.34. The molecule has 1 saturated heterocycles. The lowest BCUT2D eigenvalue weighted by atomic mass is 10.2. The number of carbonyl (C=O) groups excluding carboxylic acids is 2. The first-order chi connectivity index (χ1) is 13.6. The van der Waals surface area contributed by atoms with Gasteiger partial charge in [0.2, 0.25) is 0 Å². The normalized spacial score (nSPS) is 16.9. The van der Waals surface area contributed by atoms with Gasteiger partial charge in [0.1, 0.15) is 23.6 Å². The molecule has 1 aromatic carbocycles. The van der Waals surface area contributed by atoms with Gasteiger partial charge in [-0.3, -0.25) is 10.3 Å². The second kappa shape index (κ2) is 8.56. The average Bonchev–Trinajstić information content (AvgIpc) is 2.94. The van der Waals surface area contributed by atoms with E-state index in [1.807, 2.05) is 0 Å². The lowest BCUT2D eigenvalue weighted by Gasteiger charge is -2.21. The molecular formula is C20H25N5O4. The highest BCUT2D eigenvalue weighted by Crippen LogP contribution is 2.31. The van der Waals surface area contributed by atoms with Crippen LogP contribution in [0.1, 0.15) is 27.7 Å². The number of methoxy groups -OCH3 is 1. The molecule has 0 unspecified atom stereocenters. The molecule has 29 heavy (non-hydrogen) atoms. The minimum atomic E-state index is -0.659. The molecule has 4 N–H and O–H groups in total. The molecule has 1 heterocycles. The highest BCUT2D eigenvalue weighted by atomic mass is 16.6. The largest absolute Gasteiger partial charge is 0.497 e. The van der Waals surface area contributed by atoms with Crippen LogP contribution in [0.3, 0.4) is 0 Å². The van der Waals surface area contributed by atoms with E-state index in [0.717, 1.165) is 0 Å². The number of nitrogens with two attached hydrogens (primary N) is 1. The minimum absolute atomic E-state index is 0.0601. The van der Waals surface area contributed by atoms with Crippen LogP contribution in [0.4, 0.5) is 21.0 Å². The molecular weight excluding hydrogens is 374 g/mol. The van der Waals surface area contributed by atoms with Crippen molar-refractivity contribution in [3.05, 3.63) is 29.6 Å². The Bertz CT molecular complexity index is 918. The van der Waals surface area contributed by atoms with Crippen LogP contribution < -0.4 is 26.0 Å². The van der Waals surface area contributed by atoms with E-state index in [1.54, 1.807) is 45.9 Å². The van der Waals surface area contributed by atoms with Crippen molar-refractivity contribution in [2.75, 3.05) is 23.9 Å². The second-order valence-electron chi connectivity index (χ2n) is 7.21. The van der Waals surface area contributed by atoms with E-state index in [4.69, 9.17) is 21.6 Å². The number of urea groups is 1. The molecule has 0 atom stereocenters. The van der Waals surface area contributed by atoms with Crippen molar-refractivity contribution < 1.29 is 19.1 Å². The molecule has 0 aromatic heterocycles. The van der Waals surface area contributed by atoms with E-state index in [1.165, 1.54) is 12.0 Å². The Kier molecular flexibility index (Phi) is 6.38. The van der Waals surface area contributed by atoms with Gasteiger partial charge in [-0.2, -0.15) is 0 Å². The SMILES string of the molecule is C#CC/N=C1\C(=C(/C)N)NC(=O)N1c1cc(NC(=O)OC(C)(C)C)cc(OC)c1. The maximum atomic E-state index is 12.6. The van der Waals surface area contributed by atoms with E-state index in [-0.39, 0.29) is 12.4 Å². The standard InChI is InChI=1S/C20H25N5O4/c1-7-8-22-17-16(12(2)21)24-18(26)25(17)14-9-13(10-15(11-14)28-6)23-19(27)29-20(3,4)5/h1,9-11H,8,21H2,2-6H3,(H,23,27)(H,24,26)/b16-12-,22-17+. The van der Waals surface area contributed by atoms with Crippen molar-refractivity contribution in [1.82, 2.24) is 5.32 Å². The quantitative estimate of drug-likeness (QED) is 0.673. The molecule has 1 aliphatic rings. The molecule has 1 fully saturated rings. The van der Waals surface area contributed by atoms with Gasteiger partial charge in [-0.15, -0.1) is 6.42 Å². The van der Waals surface area contributed by atoms with E-state index in [2.05, 4.69) is 21.5 Å². The maximum absolute atomic E-state index is 12.6. The van der Waals surface area contributed by atoms with Gasteiger partial charge in [0.25, 0.3) is 0 Å². The van der Waals surface area contributed by atoms with Crippen molar-refractivity contribution >= 4 is 29.3 Å². The zero-order chi connectivity index (χ0) is 21.8. The van der Waals surface area contributed by atoms with Crippen molar-refractivity contribution in [2.45, 2.75) is 33.3 Å². The summed E-state index contributed by atoms with van der Waals surface area (Å²) >= 11 is 0. The van der Waals surface area contributed by atoms with Crippen molar-refractivity contribution in [1.29, 1.82) is 0 Å². The van der Waals surface area contributed by atoms with Gasteiger partial charge < -0.3 is 20.5 Å². The number of benzene rings is 1. The Morgan fingerprint density at radius 2 is 2.07 bits per heavy atom. The number of nitrogens with zero attached hydrogens (tertiary/aromatic N) is 2. The Morgan fingerprint density at radius 3 is 2.62 bits per heavy atom. The maximum Gasteiger partial charge on any atom is 0.412 e. The number of allylic oxidation sites excluding steroid dienone is 1. The average molecular weight is 399 g/mol. The summed E-state index contributed by atoms with van der Waals surface area (Å²) in [6.45, 7) is 6.98. The van der Waals surface area contributed by atoms with Crippen LogP contribution in [-0.4, -0.2) is 37.2 Å². The number of hydrogen-bond acceptors (Lipinski definition) is 6. The molecule has 3 amide bonds. The van der Waals surface area contributed by atoms with Crippen molar-refractivity contribution in [2.24, 2.45) is 10.7 Å². The van der Waals surface area contributed by atoms with E-state index < -0.39 is 17.7 Å². The lowest BCUT2D eigenvalue weighted by molar-refractivity contribution is 0.0636. The molecule has 9 nitrogen and oxygen atoms in total. The van der Waals surface area contributed by atoms with Gasteiger partial charge in [-0.25, -0.2) is 14.5 Å². The van der Waals surface area contributed by atoms with Gasteiger partial charge in [0.15, 0.2) is 5.84 Å². The van der Waals surface area contributed by atoms with Crippen LogP contribution >= 0.6 is 0 Å². The van der Waals surface area contributed by atoms with Crippen molar-refractivity contribution in [3.63, 3.8) is 0 Å². The number of anilines is 2. The smallest absolute Gasteiger partial charge is 0.412 e. The van der Waals surface area contributed by atoms with Gasteiger partial charge in [0, 0.05) is 23.5 Å². The first-order valence-corrected chi connectivity index (χ1v) is 8.80.